The minimum absolute atomic E-state index is 0.0502. The average Bonchev–Trinajstić information content (AvgIpc) is 3.26. The number of benzene rings is 1. The summed E-state index contributed by atoms with van der Waals surface area (Å²) in [7, 11) is 0. The van der Waals surface area contributed by atoms with E-state index in [1.807, 2.05) is 12.1 Å². The van der Waals surface area contributed by atoms with E-state index in [2.05, 4.69) is 10.2 Å². The number of carbonyl (C=O) groups is 3. The van der Waals surface area contributed by atoms with Crippen LogP contribution in [-0.4, -0.2) is 70.6 Å². The number of nitrogens with one attached hydrogen (secondary N) is 1. The number of esters is 1. The number of nitrogens with zero attached hydrogens (tertiary/aromatic N) is 3. The van der Waals surface area contributed by atoms with Crippen molar-refractivity contribution in [2.24, 2.45) is 5.41 Å². The van der Waals surface area contributed by atoms with Crippen molar-refractivity contribution in [3.8, 4) is 0 Å². The van der Waals surface area contributed by atoms with Gasteiger partial charge in [0.05, 0.1) is 23.5 Å². The summed E-state index contributed by atoms with van der Waals surface area (Å²) in [5, 5.41) is 7.72. The van der Waals surface area contributed by atoms with E-state index in [0.717, 1.165) is 10.9 Å². The summed E-state index contributed by atoms with van der Waals surface area (Å²) in [6.45, 7) is 3.76. The van der Waals surface area contributed by atoms with Gasteiger partial charge in [-0.1, -0.05) is 0 Å². The minimum Gasteiger partial charge on any atom is -0.464 e. The lowest BCUT2D eigenvalue weighted by Gasteiger charge is -2.37. The fourth-order valence-electron chi connectivity index (χ4n) is 3.55. The molecule has 0 saturated carbocycles. The number of H-pyrrole nitrogens is 1. The van der Waals surface area contributed by atoms with Crippen LogP contribution in [0, 0.1) is 5.41 Å². The van der Waals surface area contributed by atoms with Gasteiger partial charge in [-0.25, -0.2) is 0 Å². The number of aromatic nitrogens is 2. The Morgan fingerprint density at radius 3 is 2.62 bits per heavy atom. The number of ether oxygens (including phenoxy) is 1. The zero-order valence-electron chi connectivity index (χ0n) is 14.5. The molecular weight excluding hydrogens is 336 g/mol. The number of carbonyl (C=O) groups excluding carboxylic acids is 3. The Labute approximate surface area is 150 Å². The van der Waals surface area contributed by atoms with Crippen molar-refractivity contribution >= 4 is 28.7 Å². The normalized spacial score (nSPS) is 23.3. The first-order chi connectivity index (χ1) is 12.5. The Hall–Kier alpha value is -2.90. The monoisotopic (exact) mass is 356 g/mol. The number of cyclic esters (lactones) is 1. The molecule has 8 nitrogen and oxygen atoms in total. The second-order valence-electron chi connectivity index (χ2n) is 7.15. The van der Waals surface area contributed by atoms with Crippen molar-refractivity contribution in [1.29, 1.82) is 0 Å². The molecule has 1 aromatic carbocycles. The van der Waals surface area contributed by atoms with Gasteiger partial charge in [-0.3, -0.25) is 19.5 Å². The Bertz CT molecular complexity index is 884. The van der Waals surface area contributed by atoms with E-state index in [9.17, 15) is 14.4 Å². The molecule has 136 valence electrons. The standard InChI is InChI=1S/C18H20N4O4/c1-18(9-15(23)26-11-18)17(25)22-6-4-21(5-7-22)16(24)12-2-3-14-13(8-12)10-19-20-14/h2-3,8,10H,4-7,9,11H2,1H3,(H,19,20). The predicted molar refractivity (Wildman–Crippen MR) is 92.3 cm³/mol. The summed E-state index contributed by atoms with van der Waals surface area (Å²) < 4.78 is 4.97. The van der Waals surface area contributed by atoms with Gasteiger partial charge in [0.15, 0.2) is 0 Å². The predicted octanol–water partition coefficient (Wildman–Crippen LogP) is 0.800. The van der Waals surface area contributed by atoms with Crippen molar-refractivity contribution in [2.45, 2.75) is 13.3 Å². The maximum absolute atomic E-state index is 12.7. The van der Waals surface area contributed by atoms with Crippen LogP contribution in [0.2, 0.25) is 0 Å². The SMILES string of the molecule is CC1(C(=O)N2CCN(C(=O)c3ccc4[nH]ncc4c3)CC2)COC(=O)C1. The highest BCUT2D eigenvalue weighted by Crippen LogP contribution is 2.31. The average molecular weight is 356 g/mol. The van der Waals surface area contributed by atoms with Crippen LogP contribution in [0.25, 0.3) is 10.9 Å². The van der Waals surface area contributed by atoms with Crippen molar-refractivity contribution in [3.05, 3.63) is 30.0 Å². The Morgan fingerprint density at radius 2 is 1.92 bits per heavy atom. The maximum atomic E-state index is 12.7. The summed E-state index contributed by atoms with van der Waals surface area (Å²) in [6.07, 6.45) is 1.81. The number of amides is 2. The van der Waals surface area contributed by atoms with Gasteiger partial charge in [0.1, 0.15) is 6.61 Å². The van der Waals surface area contributed by atoms with Crippen molar-refractivity contribution in [1.82, 2.24) is 20.0 Å². The molecule has 2 aliphatic rings. The number of hydrogen-bond donors (Lipinski definition) is 1. The van der Waals surface area contributed by atoms with Gasteiger partial charge in [-0.15, -0.1) is 0 Å². The molecule has 2 aromatic rings. The van der Waals surface area contributed by atoms with Crippen LogP contribution >= 0.6 is 0 Å². The highest BCUT2D eigenvalue weighted by molar-refractivity contribution is 5.98. The third-order valence-electron chi connectivity index (χ3n) is 5.14. The molecule has 0 aliphatic carbocycles. The number of fused-ring (bicyclic) bond motifs is 1. The molecule has 0 bridgehead atoms. The molecular formula is C18H20N4O4. The van der Waals surface area contributed by atoms with Crippen molar-refractivity contribution in [3.63, 3.8) is 0 Å². The highest BCUT2D eigenvalue weighted by atomic mass is 16.5. The van der Waals surface area contributed by atoms with E-state index < -0.39 is 5.41 Å². The van der Waals surface area contributed by atoms with Gasteiger partial charge in [-0.05, 0) is 25.1 Å². The Balaban J connectivity index is 1.40. The molecule has 26 heavy (non-hydrogen) atoms. The molecule has 4 rings (SSSR count). The molecule has 3 heterocycles. The molecule has 0 radical (unpaired) electrons. The van der Waals surface area contributed by atoms with Gasteiger partial charge in [0.2, 0.25) is 5.91 Å². The van der Waals surface area contributed by atoms with E-state index in [1.165, 1.54) is 0 Å². The van der Waals surface area contributed by atoms with Crippen LogP contribution in [0.1, 0.15) is 23.7 Å². The van der Waals surface area contributed by atoms with Gasteiger partial charge < -0.3 is 14.5 Å². The van der Waals surface area contributed by atoms with E-state index in [-0.39, 0.29) is 30.8 Å². The van der Waals surface area contributed by atoms with Crippen LogP contribution in [0.3, 0.4) is 0 Å². The lowest BCUT2D eigenvalue weighted by atomic mass is 9.88. The zero-order valence-corrected chi connectivity index (χ0v) is 14.5. The van der Waals surface area contributed by atoms with Gasteiger partial charge in [0.25, 0.3) is 5.91 Å². The van der Waals surface area contributed by atoms with Crippen molar-refractivity contribution in [2.75, 3.05) is 32.8 Å². The number of rotatable bonds is 2. The van der Waals surface area contributed by atoms with Crippen LogP contribution < -0.4 is 0 Å². The molecule has 1 aromatic heterocycles. The second kappa shape index (κ2) is 6.12. The topological polar surface area (TPSA) is 95.6 Å². The molecule has 2 saturated heterocycles. The smallest absolute Gasteiger partial charge is 0.307 e. The molecule has 8 heteroatoms. The van der Waals surface area contributed by atoms with Crippen LogP contribution in [0.15, 0.2) is 24.4 Å². The Morgan fingerprint density at radius 1 is 1.19 bits per heavy atom. The molecule has 1 atom stereocenters. The van der Waals surface area contributed by atoms with Crippen LogP contribution in [-0.2, 0) is 14.3 Å². The van der Waals surface area contributed by atoms with Crippen LogP contribution in [0.5, 0.6) is 0 Å². The molecule has 2 aliphatic heterocycles. The third-order valence-corrected chi connectivity index (χ3v) is 5.14. The van der Waals surface area contributed by atoms with E-state index >= 15 is 0 Å². The molecule has 2 fully saturated rings. The summed E-state index contributed by atoms with van der Waals surface area (Å²) in [6, 6.07) is 5.44. The first-order valence-electron chi connectivity index (χ1n) is 8.64. The number of piperazine rings is 1. The zero-order chi connectivity index (χ0) is 18.3. The molecule has 2 amide bonds. The summed E-state index contributed by atoms with van der Waals surface area (Å²) in [5.41, 5.74) is 0.717. The summed E-state index contributed by atoms with van der Waals surface area (Å²) in [5.74, 6) is -0.453. The summed E-state index contributed by atoms with van der Waals surface area (Å²) in [4.78, 5) is 40.3. The lowest BCUT2D eigenvalue weighted by molar-refractivity contribution is -0.142. The lowest BCUT2D eigenvalue weighted by Crippen LogP contribution is -2.54. The van der Waals surface area contributed by atoms with E-state index in [0.29, 0.717) is 31.7 Å². The van der Waals surface area contributed by atoms with Gasteiger partial charge >= 0.3 is 5.97 Å². The van der Waals surface area contributed by atoms with Gasteiger partial charge in [-0.2, -0.15) is 5.10 Å². The van der Waals surface area contributed by atoms with Crippen molar-refractivity contribution < 1.29 is 19.1 Å². The molecule has 1 N–H and O–H groups in total. The third kappa shape index (κ3) is 2.81. The quantitative estimate of drug-likeness (QED) is 0.803. The van der Waals surface area contributed by atoms with E-state index in [4.69, 9.17) is 4.74 Å². The first-order valence-corrected chi connectivity index (χ1v) is 8.64. The first kappa shape index (κ1) is 16.6. The fourth-order valence-corrected chi connectivity index (χ4v) is 3.55. The largest absolute Gasteiger partial charge is 0.464 e. The fraction of sp³-hybridized carbons (Fsp3) is 0.444. The number of hydrogen-bond acceptors (Lipinski definition) is 5. The molecule has 1 unspecified atom stereocenters. The van der Waals surface area contributed by atoms with Gasteiger partial charge in [0, 0.05) is 37.1 Å². The summed E-state index contributed by atoms with van der Waals surface area (Å²) >= 11 is 0. The molecule has 0 spiro atoms. The van der Waals surface area contributed by atoms with E-state index in [1.54, 1.807) is 29.0 Å². The number of aromatic amines is 1. The maximum Gasteiger partial charge on any atom is 0.307 e. The Kier molecular flexibility index (Phi) is 3.90. The van der Waals surface area contributed by atoms with Crippen LogP contribution in [0.4, 0.5) is 0 Å². The minimum atomic E-state index is -0.782. The highest BCUT2D eigenvalue weighted by Gasteiger charge is 2.45. The second-order valence-corrected chi connectivity index (χ2v) is 7.15.